The molecule has 0 amide bonds. The molecule has 0 aromatic rings. The minimum Gasteiger partial charge on any atom is -0.378 e. The van der Waals surface area contributed by atoms with Crippen LogP contribution in [0.3, 0.4) is 0 Å². The Bertz CT molecular complexity index is 72.7. The van der Waals surface area contributed by atoms with Gasteiger partial charge in [0, 0.05) is 5.88 Å². The summed E-state index contributed by atoms with van der Waals surface area (Å²) in [6, 6.07) is 0. The second-order valence-electron chi connectivity index (χ2n) is 1.43. The van der Waals surface area contributed by atoms with E-state index in [4.69, 9.17) is 16.3 Å². The fraction of sp³-hybridized carbons (Fsp3) is 1.00. The van der Waals surface area contributed by atoms with E-state index in [-0.39, 0.29) is 13.2 Å². The van der Waals surface area contributed by atoms with Crippen LogP contribution in [0.2, 0.25) is 0 Å². The van der Waals surface area contributed by atoms with Crippen molar-refractivity contribution >= 4 is 11.6 Å². The summed E-state index contributed by atoms with van der Waals surface area (Å²) >= 11 is 5.23. The van der Waals surface area contributed by atoms with Crippen LogP contribution in [0.1, 0.15) is 0 Å². The molecule has 0 saturated heterocycles. The van der Waals surface area contributed by atoms with Crippen molar-refractivity contribution in [1.29, 1.82) is 0 Å². The molecule has 0 aromatic heterocycles. The standard InChI is InChI=1S/C5H9ClF2O2/c6-1-2-9-3-4-10-5(7)8/h5H,1-4H2. The molecule has 0 N–H and O–H groups in total. The largest absolute Gasteiger partial charge is 0.378 e. The Morgan fingerprint density at radius 3 is 2.40 bits per heavy atom. The molecule has 0 rings (SSSR count). The van der Waals surface area contributed by atoms with Gasteiger partial charge in [-0.25, -0.2) is 0 Å². The first-order valence-electron chi connectivity index (χ1n) is 2.81. The first-order valence-corrected chi connectivity index (χ1v) is 3.34. The Labute approximate surface area is 63.1 Å². The number of alkyl halides is 3. The Balaban J connectivity index is 2.77. The summed E-state index contributed by atoms with van der Waals surface area (Å²) in [6.07, 6.45) is 0. The molecule has 0 spiro atoms. The molecule has 0 heterocycles. The zero-order chi connectivity index (χ0) is 7.82. The first kappa shape index (κ1) is 10.1. The van der Waals surface area contributed by atoms with E-state index >= 15 is 0 Å². The zero-order valence-electron chi connectivity index (χ0n) is 5.36. The molecule has 0 aliphatic rings. The number of halogens is 3. The summed E-state index contributed by atoms with van der Waals surface area (Å²) in [7, 11) is 0. The lowest BCUT2D eigenvalue weighted by Crippen LogP contribution is -2.08. The van der Waals surface area contributed by atoms with Gasteiger partial charge < -0.3 is 9.47 Å². The zero-order valence-corrected chi connectivity index (χ0v) is 6.11. The minimum atomic E-state index is -2.71. The molecule has 5 heteroatoms. The van der Waals surface area contributed by atoms with Crippen LogP contribution in [0.15, 0.2) is 0 Å². The van der Waals surface area contributed by atoms with E-state index in [2.05, 4.69) is 4.74 Å². The Morgan fingerprint density at radius 2 is 1.90 bits per heavy atom. The Morgan fingerprint density at radius 1 is 1.20 bits per heavy atom. The van der Waals surface area contributed by atoms with E-state index in [9.17, 15) is 8.78 Å². The SMILES string of the molecule is FC(F)OCCOCCCl. The van der Waals surface area contributed by atoms with Gasteiger partial charge >= 0.3 is 6.61 Å². The van der Waals surface area contributed by atoms with Gasteiger partial charge in [-0.05, 0) is 0 Å². The van der Waals surface area contributed by atoms with Crippen LogP contribution in [0.4, 0.5) is 8.78 Å². The van der Waals surface area contributed by atoms with Crippen LogP contribution in [-0.4, -0.2) is 32.3 Å². The average molecular weight is 175 g/mol. The Kier molecular flexibility index (Phi) is 7.23. The van der Waals surface area contributed by atoms with Crippen molar-refractivity contribution < 1.29 is 18.3 Å². The highest BCUT2D eigenvalue weighted by molar-refractivity contribution is 6.17. The lowest BCUT2D eigenvalue weighted by Gasteiger charge is -2.01. The predicted molar refractivity (Wildman–Crippen MR) is 33.5 cm³/mol. The number of rotatable bonds is 6. The summed E-state index contributed by atoms with van der Waals surface area (Å²) < 4.78 is 31.1. The van der Waals surface area contributed by atoms with Crippen molar-refractivity contribution in [3.63, 3.8) is 0 Å². The van der Waals surface area contributed by atoms with E-state index in [1.807, 2.05) is 0 Å². The number of hydrogen-bond donors (Lipinski definition) is 0. The number of ether oxygens (including phenoxy) is 2. The van der Waals surface area contributed by atoms with E-state index < -0.39 is 6.61 Å². The average Bonchev–Trinajstić information content (AvgIpc) is 1.87. The summed E-state index contributed by atoms with van der Waals surface area (Å²) in [5.41, 5.74) is 0. The molecule has 0 aromatic carbocycles. The maximum absolute atomic E-state index is 11.2. The fourth-order valence-corrected chi connectivity index (χ4v) is 0.462. The molecule has 0 aliphatic heterocycles. The van der Waals surface area contributed by atoms with Crippen LogP contribution in [-0.2, 0) is 9.47 Å². The molecule has 2 nitrogen and oxygen atoms in total. The molecule has 10 heavy (non-hydrogen) atoms. The van der Waals surface area contributed by atoms with Crippen LogP contribution >= 0.6 is 11.6 Å². The van der Waals surface area contributed by atoms with Crippen LogP contribution < -0.4 is 0 Å². The molecule has 0 atom stereocenters. The summed E-state index contributed by atoms with van der Waals surface area (Å²) in [6.45, 7) is -2.26. The van der Waals surface area contributed by atoms with Gasteiger partial charge in [0.2, 0.25) is 0 Å². The van der Waals surface area contributed by atoms with Gasteiger partial charge in [0.05, 0.1) is 19.8 Å². The van der Waals surface area contributed by atoms with E-state index in [0.717, 1.165) is 0 Å². The van der Waals surface area contributed by atoms with E-state index in [1.165, 1.54) is 0 Å². The van der Waals surface area contributed by atoms with Gasteiger partial charge in [-0.3, -0.25) is 0 Å². The van der Waals surface area contributed by atoms with Gasteiger partial charge in [0.1, 0.15) is 0 Å². The van der Waals surface area contributed by atoms with E-state index in [1.54, 1.807) is 0 Å². The third-order valence-electron chi connectivity index (χ3n) is 0.693. The third kappa shape index (κ3) is 8.07. The van der Waals surface area contributed by atoms with Gasteiger partial charge in [0.25, 0.3) is 0 Å². The molecular weight excluding hydrogens is 166 g/mol. The molecule has 0 bridgehead atoms. The van der Waals surface area contributed by atoms with Gasteiger partial charge in [-0.2, -0.15) is 8.78 Å². The van der Waals surface area contributed by atoms with Crippen molar-refractivity contribution in [2.75, 3.05) is 25.7 Å². The molecule has 62 valence electrons. The highest BCUT2D eigenvalue weighted by atomic mass is 35.5. The van der Waals surface area contributed by atoms with E-state index in [0.29, 0.717) is 12.5 Å². The first-order chi connectivity index (χ1) is 4.77. The van der Waals surface area contributed by atoms with Gasteiger partial charge in [-0.1, -0.05) is 0 Å². The molecule has 0 saturated carbocycles. The quantitative estimate of drug-likeness (QED) is 0.449. The lowest BCUT2D eigenvalue weighted by molar-refractivity contribution is -0.138. The van der Waals surface area contributed by atoms with Crippen LogP contribution in [0, 0.1) is 0 Å². The molecule has 0 unspecified atom stereocenters. The van der Waals surface area contributed by atoms with Crippen molar-refractivity contribution in [2.24, 2.45) is 0 Å². The highest BCUT2D eigenvalue weighted by Gasteiger charge is 1.99. The van der Waals surface area contributed by atoms with Crippen molar-refractivity contribution in [1.82, 2.24) is 0 Å². The smallest absolute Gasteiger partial charge is 0.345 e. The summed E-state index contributed by atoms with van der Waals surface area (Å²) in [5.74, 6) is 0.370. The van der Waals surface area contributed by atoms with Crippen LogP contribution in [0.5, 0.6) is 0 Å². The maximum atomic E-state index is 11.2. The predicted octanol–water partition coefficient (Wildman–Crippen LogP) is 1.48. The highest BCUT2D eigenvalue weighted by Crippen LogP contribution is 1.93. The lowest BCUT2D eigenvalue weighted by atomic mass is 10.7. The monoisotopic (exact) mass is 174 g/mol. The topological polar surface area (TPSA) is 18.5 Å². The molecular formula is C5H9ClF2O2. The second kappa shape index (κ2) is 7.18. The second-order valence-corrected chi connectivity index (χ2v) is 1.81. The summed E-state index contributed by atoms with van der Waals surface area (Å²) in [4.78, 5) is 0. The van der Waals surface area contributed by atoms with Gasteiger partial charge in [-0.15, -0.1) is 11.6 Å². The molecule has 0 fully saturated rings. The summed E-state index contributed by atoms with van der Waals surface area (Å²) in [5, 5.41) is 0. The molecule has 0 radical (unpaired) electrons. The minimum absolute atomic E-state index is 0.0887. The normalized spacial score (nSPS) is 10.8. The molecule has 0 aliphatic carbocycles. The Hall–Kier alpha value is 0.0700. The van der Waals surface area contributed by atoms with Crippen LogP contribution in [0.25, 0.3) is 0 Å². The van der Waals surface area contributed by atoms with Crippen molar-refractivity contribution in [2.45, 2.75) is 6.61 Å². The maximum Gasteiger partial charge on any atom is 0.345 e. The number of hydrogen-bond acceptors (Lipinski definition) is 2. The van der Waals surface area contributed by atoms with Crippen molar-refractivity contribution in [3.8, 4) is 0 Å². The third-order valence-corrected chi connectivity index (χ3v) is 0.847. The fourth-order valence-electron chi connectivity index (χ4n) is 0.353. The van der Waals surface area contributed by atoms with Gasteiger partial charge in [0.15, 0.2) is 0 Å². The van der Waals surface area contributed by atoms with Crippen molar-refractivity contribution in [3.05, 3.63) is 0 Å².